The van der Waals surface area contributed by atoms with Gasteiger partial charge < -0.3 is 9.88 Å². The number of nitrogens with zero attached hydrogens (tertiary/aromatic N) is 2. The van der Waals surface area contributed by atoms with Crippen LogP contribution in [0.4, 0.5) is 0 Å². The van der Waals surface area contributed by atoms with Gasteiger partial charge in [-0.3, -0.25) is 4.79 Å². The highest BCUT2D eigenvalue weighted by Gasteiger charge is 2.22. The lowest BCUT2D eigenvalue weighted by molar-refractivity contribution is 0.0943. The summed E-state index contributed by atoms with van der Waals surface area (Å²) >= 11 is 1.67. The molecule has 2 aliphatic rings. The van der Waals surface area contributed by atoms with E-state index in [0.717, 1.165) is 52.7 Å². The van der Waals surface area contributed by atoms with Crippen LogP contribution in [0.15, 0.2) is 53.4 Å². The van der Waals surface area contributed by atoms with Crippen molar-refractivity contribution >= 4 is 17.2 Å². The third-order valence-corrected chi connectivity index (χ3v) is 8.61. The first-order valence-corrected chi connectivity index (χ1v) is 14.2. The van der Waals surface area contributed by atoms with Gasteiger partial charge in [-0.25, -0.2) is 4.98 Å². The first-order valence-electron chi connectivity index (χ1n) is 13.4. The van der Waals surface area contributed by atoms with Crippen molar-refractivity contribution in [1.82, 2.24) is 14.9 Å². The van der Waals surface area contributed by atoms with Gasteiger partial charge in [0.1, 0.15) is 5.01 Å². The number of benzene rings is 1. The van der Waals surface area contributed by atoms with Gasteiger partial charge in [-0.1, -0.05) is 61.2 Å². The third kappa shape index (κ3) is 5.78. The fourth-order valence-electron chi connectivity index (χ4n) is 5.59. The van der Waals surface area contributed by atoms with Gasteiger partial charge in [-0.15, -0.1) is 11.3 Å². The van der Waals surface area contributed by atoms with Crippen molar-refractivity contribution in [2.24, 2.45) is 5.92 Å². The third-order valence-electron chi connectivity index (χ3n) is 7.72. The Labute approximate surface area is 213 Å². The van der Waals surface area contributed by atoms with Crippen molar-refractivity contribution < 1.29 is 4.79 Å². The summed E-state index contributed by atoms with van der Waals surface area (Å²) in [6, 6.07) is 12.4. The summed E-state index contributed by atoms with van der Waals surface area (Å²) < 4.78 is 2.33. The summed E-state index contributed by atoms with van der Waals surface area (Å²) in [5.41, 5.74) is 6.55. The molecular formula is C30H37N3OS. The highest BCUT2D eigenvalue weighted by atomic mass is 32.1. The van der Waals surface area contributed by atoms with Gasteiger partial charge in [0.25, 0.3) is 5.91 Å². The van der Waals surface area contributed by atoms with Crippen molar-refractivity contribution in [3.8, 4) is 22.0 Å². The van der Waals surface area contributed by atoms with Crippen LogP contribution in [0, 0.1) is 12.8 Å². The molecule has 35 heavy (non-hydrogen) atoms. The van der Waals surface area contributed by atoms with Crippen LogP contribution < -0.4 is 5.32 Å². The fourth-order valence-corrected chi connectivity index (χ4v) is 6.41. The summed E-state index contributed by atoms with van der Waals surface area (Å²) in [4.78, 5) is 18.3. The number of nitrogens with one attached hydrogen (secondary N) is 1. The van der Waals surface area contributed by atoms with E-state index in [4.69, 9.17) is 4.98 Å². The molecule has 0 bridgehead atoms. The Morgan fingerprint density at radius 1 is 1.11 bits per heavy atom. The van der Waals surface area contributed by atoms with Crippen LogP contribution in [0.25, 0.3) is 22.0 Å². The van der Waals surface area contributed by atoms with Crippen LogP contribution >= 0.6 is 11.3 Å². The van der Waals surface area contributed by atoms with Gasteiger partial charge in [-0.05, 0) is 63.9 Å². The Bertz CT molecular complexity index is 1170. The molecule has 5 rings (SSSR count). The van der Waals surface area contributed by atoms with Gasteiger partial charge in [0.2, 0.25) is 0 Å². The topological polar surface area (TPSA) is 46.9 Å². The minimum atomic E-state index is 0.0588. The lowest BCUT2D eigenvalue weighted by atomic mass is 9.89. The van der Waals surface area contributed by atoms with Crippen molar-refractivity contribution in [1.29, 1.82) is 0 Å². The zero-order valence-electron chi connectivity index (χ0n) is 20.9. The number of rotatable bonds is 8. The Morgan fingerprint density at radius 3 is 2.71 bits per heavy atom. The average molecular weight is 488 g/mol. The van der Waals surface area contributed by atoms with Crippen LogP contribution in [0.2, 0.25) is 0 Å². The molecule has 0 saturated heterocycles. The molecule has 2 aromatic heterocycles. The molecule has 1 aromatic carbocycles. The van der Waals surface area contributed by atoms with Crippen LogP contribution in [-0.2, 0) is 6.54 Å². The molecule has 0 spiro atoms. The zero-order chi connectivity index (χ0) is 24.0. The van der Waals surface area contributed by atoms with Crippen molar-refractivity contribution in [2.75, 3.05) is 6.54 Å². The predicted molar refractivity (Wildman–Crippen MR) is 146 cm³/mol. The first-order chi connectivity index (χ1) is 17.2. The molecule has 1 saturated carbocycles. The van der Waals surface area contributed by atoms with E-state index in [0.29, 0.717) is 5.92 Å². The summed E-state index contributed by atoms with van der Waals surface area (Å²) in [5, 5.41) is 6.41. The maximum absolute atomic E-state index is 13.3. The van der Waals surface area contributed by atoms with E-state index in [1.165, 1.54) is 57.8 Å². The summed E-state index contributed by atoms with van der Waals surface area (Å²) in [6.45, 7) is 3.78. The van der Waals surface area contributed by atoms with E-state index < -0.39 is 0 Å². The number of allylic oxidation sites excluding steroid dienone is 2. The molecule has 1 amide bonds. The summed E-state index contributed by atoms with van der Waals surface area (Å²) in [7, 11) is 0. The van der Waals surface area contributed by atoms with Gasteiger partial charge in [0, 0.05) is 29.7 Å². The quantitative estimate of drug-likeness (QED) is 0.330. The molecule has 0 aliphatic heterocycles. The van der Waals surface area contributed by atoms with E-state index in [2.05, 4.69) is 58.6 Å². The number of carbonyl (C=O) groups excluding carboxylic acids is 1. The van der Waals surface area contributed by atoms with Gasteiger partial charge >= 0.3 is 0 Å². The standard InChI is InChI=1S/C30H37N3OS/c1-22-26(29(34)31-20-24-13-7-3-8-14-24)19-28(33(22)18-17-23-11-5-2-6-12-23)27-21-35-30(32-27)25-15-9-4-10-16-25/h4,9-11,15-16,19,21,24H,2-3,5-8,12-14,17-18,20H2,1H3,(H,31,34). The highest BCUT2D eigenvalue weighted by molar-refractivity contribution is 7.13. The average Bonchev–Trinajstić information content (AvgIpc) is 3.53. The monoisotopic (exact) mass is 487 g/mol. The molecular weight excluding hydrogens is 450 g/mol. The number of amides is 1. The Kier molecular flexibility index (Phi) is 7.82. The van der Waals surface area contributed by atoms with Crippen molar-refractivity contribution in [3.63, 3.8) is 0 Å². The summed E-state index contributed by atoms with van der Waals surface area (Å²) in [6.07, 6.45) is 14.9. The molecule has 2 aliphatic carbocycles. The Hall–Kier alpha value is -2.66. The second-order valence-corrected chi connectivity index (χ2v) is 11.0. The van der Waals surface area contributed by atoms with E-state index in [-0.39, 0.29) is 5.91 Å². The maximum Gasteiger partial charge on any atom is 0.253 e. The number of hydrogen-bond acceptors (Lipinski definition) is 3. The van der Waals surface area contributed by atoms with E-state index in [1.54, 1.807) is 16.9 Å². The minimum Gasteiger partial charge on any atom is -0.352 e. The molecule has 0 atom stereocenters. The second-order valence-electron chi connectivity index (χ2n) is 10.2. The SMILES string of the molecule is Cc1c(C(=O)NCC2CCCCC2)cc(-c2csc(-c3ccccc3)n2)n1CCC1=CCCCC1. The van der Waals surface area contributed by atoms with E-state index in [1.807, 2.05) is 6.07 Å². The van der Waals surface area contributed by atoms with Crippen LogP contribution in [0.5, 0.6) is 0 Å². The maximum atomic E-state index is 13.3. The molecule has 1 N–H and O–H groups in total. The van der Waals surface area contributed by atoms with Crippen LogP contribution in [-0.4, -0.2) is 22.0 Å². The van der Waals surface area contributed by atoms with Crippen molar-refractivity contribution in [3.05, 3.63) is 64.7 Å². The molecule has 0 radical (unpaired) electrons. The van der Waals surface area contributed by atoms with Crippen molar-refractivity contribution in [2.45, 2.75) is 77.7 Å². The molecule has 5 heteroatoms. The van der Waals surface area contributed by atoms with Gasteiger partial charge in [-0.2, -0.15) is 0 Å². The molecule has 0 unspecified atom stereocenters. The highest BCUT2D eigenvalue weighted by Crippen LogP contribution is 2.32. The van der Waals surface area contributed by atoms with Crippen LogP contribution in [0.1, 0.15) is 80.3 Å². The molecule has 184 valence electrons. The Balaban J connectivity index is 1.40. The number of carbonyl (C=O) groups is 1. The zero-order valence-corrected chi connectivity index (χ0v) is 21.7. The smallest absolute Gasteiger partial charge is 0.253 e. The molecule has 3 aromatic rings. The molecule has 2 heterocycles. The lowest BCUT2D eigenvalue weighted by Gasteiger charge is -2.21. The lowest BCUT2D eigenvalue weighted by Crippen LogP contribution is -2.30. The van der Waals surface area contributed by atoms with Crippen LogP contribution in [0.3, 0.4) is 0 Å². The van der Waals surface area contributed by atoms with E-state index >= 15 is 0 Å². The first kappa shape index (κ1) is 24.1. The number of aromatic nitrogens is 2. The normalized spacial score (nSPS) is 16.8. The fraction of sp³-hybridized carbons (Fsp3) is 0.467. The van der Waals surface area contributed by atoms with Gasteiger partial charge in [0.05, 0.1) is 17.0 Å². The molecule has 4 nitrogen and oxygen atoms in total. The van der Waals surface area contributed by atoms with E-state index in [9.17, 15) is 4.79 Å². The van der Waals surface area contributed by atoms with Gasteiger partial charge in [0.15, 0.2) is 0 Å². The Morgan fingerprint density at radius 2 is 1.94 bits per heavy atom. The predicted octanol–water partition coefficient (Wildman–Crippen LogP) is 7.79. The number of hydrogen-bond donors (Lipinski definition) is 1. The number of thiazole rings is 1. The second kappa shape index (κ2) is 11.4. The summed E-state index contributed by atoms with van der Waals surface area (Å²) in [5.74, 6) is 0.684. The molecule has 1 fully saturated rings. The largest absolute Gasteiger partial charge is 0.352 e. The minimum absolute atomic E-state index is 0.0588.